The number of nitrogens with one attached hydrogen (secondary N) is 1. The van der Waals surface area contributed by atoms with E-state index in [1.54, 1.807) is 16.7 Å². The van der Waals surface area contributed by atoms with Crippen molar-refractivity contribution in [3.63, 3.8) is 0 Å². The number of carbonyl (C=O) groups is 5. The van der Waals surface area contributed by atoms with Crippen molar-refractivity contribution in [3.8, 4) is 0 Å². The summed E-state index contributed by atoms with van der Waals surface area (Å²) in [7, 11) is 0. The lowest BCUT2D eigenvalue weighted by molar-refractivity contribution is -0.150. The quantitative estimate of drug-likeness (QED) is 0.298. The molecule has 4 heterocycles. The molecule has 4 aliphatic carbocycles. The van der Waals surface area contributed by atoms with Gasteiger partial charge in [-0.25, -0.2) is 9.18 Å². The highest BCUT2D eigenvalue weighted by Crippen LogP contribution is 2.35. The average Bonchev–Trinajstić information content (AvgIpc) is 3.31. The number of ether oxygens (including phenoxy) is 1. The maximum absolute atomic E-state index is 13.3. The highest BCUT2D eigenvalue weighted by atomic mass is 19.1. The summed E-state index contributed by atoms with van der Waals surface area (Å²) in [4.78, 5) is 71.2. The molecule has 1 N–H and O–H groups in total. The Kier molecular flexibility index (Phi) is 22.2. The van der Waals surface area contributed by atoms with Gasteiger partial charge in [-0.2, -0.15) is 0 Å². The first-order valence-electron chi connectivity index (χ1n) is 28.6. The highest BCUT2D eigenvalue weighted by Gasteiger charge is 2.44. The summed E-state index contributed by atoms with van der Waals surface area (Å²) in [5.74, 6) is 5.55. The molecule has 4 aliphatic heterocycles. The summed E-state index contributed by atoms with van der Waals surface area (Å²) in [6.07, 6.45) is 21.5. The number of piperazine rings is 2. The topological polar surface area (TPSA) is 123 Å². The number of hydrogen-bond acceptors (Lipinski definition) is 7. The molecular formula is C57H101FN6O6. The minimum atomic E-state index is -1.13. The molecule has 0 unspecified atom stereocenters. The minimum Gasteiger partial charge on any atom is -0.444 e. The molecule has 5 amide bonds. The second kappa shape index (κ2) is 26.8. The van der Waals surface area contributed by atoms with Crippen LogP contribution in [0.3, 0.4) is 0 Å². The van der Waals surface area contributed by atoms with E-state index in [0.29, 0.717) is 68.5 Å². The van der Waals surface area contributed by atoms with Gasteiger partial charge in [-0.15, -0.1) is 0 Å². The zero-order valence-corrected chi connectivity index (χ0v) is 46.2. The molecule has 0 radical (unpaired) electrons. The van der Waals surface area contributed by atoms with Crippen molar-refractivity contribution < 1.29 is 33.1 Å². The van der Waals surface area contributed by atoms with E-state index < -0.39 is 11.3 Å². The smallest absolute Gasteiger partial charge is 0.410 e. The number of nitrogens with zero attached hydrogens (tertiary/aromatic N) is 5. The lowest BCUT2D eigenvalue weighted by Gasteiger charge is -2.44. The molecule has 12 nitrogen and oxygen atoms in total. The Morgan fingerprint density at radius 1 is 0.486 bits per heavy atom. The van der Waals surface area contributed by atoms with Crippen LogP contribution in [0.4, 0.5) is 9.18 Å². The van der Waals surface area contributed by atoms with Crippen LogP contribution >= 0.6 is 0 Å². The SMILES string of the molecule is CC1CCC(C(=O)N2CC(C)(F)C2)CC1.CC1CCC(C(=O)N2CCCC[C@H]2C)CC1.CC1CCC(C(=O)N2CCN(C(=O)OC(C)(C)C)C[C@H]2C)CC1.CC1CCC(C(=O)N2CCN[C@@H](C)C2)CC1. The fraction of sp³-hybridized carbons (Fsp3) is 0.912. The van der Waals surface area contributed by atoms with Crippen LogP contribution in [0, 0.1) is 47.3 Å². The van der Waals surface area contributed by atoms with Gasteiger partial charge in [-0.05, 0) is 194 Å². The first-order valence-corrected chi connectivity index (χ1v) is 28.6. The third-order valence-corrected chi connectivity index (χ3v) is 17.1. The van der Waals surface area contributed by atoms with Gasteiger partial charge in [-0.3, -0.25) is 19.2 Å². The molecule has 0 aromatic heterocycles. The van der Waals surface area contributed by atoms with Gasteiger partial charge in [0.1, 0.15) is 11.3 Å². The number of carbonyl (C=O) groups excluding carboxylic acids is 5. The molecular weight excluding hydrogens is 884 g/mol. The standard InChI is InChI=1S/C18H32N2O3.C14H25NO.C13H24N2O.C12H20FNO/c1-13-6-8-15(9-7-13)16(21)20-11-10-19(12-14(20)2)17(22)23-18(3,4)5;1-11-6-8-13(9-7-11)14(16)15-10-4-3-5-12(15)2;1-10-3-5-12(6-4-10)13(16)15-8-7-14-11(2)9-15;1-9-3-5-10(6-4-9)11(15)14-7-12(2,13)8-14/h13-15H,6-12H2,1-5H3;11-13H,3-10H2,1-2H3;10-12,14H,3-9H2,1-2H3;9-10H,3-8H2,1-2H3/t13?,14-,15?;11?,12-,13?;10?,11-,12?;/m110./s1. The van der Waals surface area contributed by atoms with Gasteiger partial charge >= 0.3 is 6.09 Å². The second-order valence-corrected chi connectivity index (χ2v) is 25.3. The fourth-order valence-electron chi connectivity index (χ4n) is 12.3. The predicted octanol–water partition coefficient (Wildman–Crippen LogP) is 10.5. The molecule has 4 saturated heterocycles. The van der Waals surface area contributed by atoms with Crippen molar-refractivity contribution in [1.82, 2.24) is 29.8 Å². The molecule has 8 aliphatic rings. The van der Waals surface area contributed by atoms with Crippen molar-refractivity contribution in [1.29, 1.82) is 0 Å². The van der Waals surface area contributed by atoms with Gasteiger partial charge in [0.05, 0.1) is 13.1 Å². The summed E-state index contributed by atoms with van der Waals surface area (Å²) in [5, 5.41) is 3.38. The van der Waals surface area contributed by atoms with Gasteiger partial charge in [0.2, 0.25) is 23.6 Å². The van der Waals surface area contributed by atoms with Crippen molar-refractivity contribution in [2.45, 2.75) is 228 Å². The van der Waals surface area contributed by atoms with E-state index in [1.807, 2.05) is 32.6 Å². The van der Waals surface area contributed by atoms with E-state index in [4.69, 9.17) is 4.74 Å². The first-order chi connectivity index (χ1) is 33.0. The van der Waals surface area contributed by atoms with Gasteiger partial charge < -0.3 is 34.6 Å². The summed E-state index contributed by atoms with van der Waals surface area (Å²) in [6.45, 7) is 28.8. The predicted molar refractivity (Wildman–Crippen MR) is 279 cm³/mol. The number of likely N-dealkylation sites (tertiary alicyclic amines) is 2. The Morgan fingerprint density at radius 3 is 1.29 bits per heavy atom. The average molecular weight is 985 g/mol. The monoisotopic (exact) mass is 985 g/mol. The Morgan fingerprint density at radius 2 is 0.900 bits per heavy atom. The van der Waals surface area contributed by atoms with Gasteiger partial charge in [0.15, 0.2) is 0 Å². The minimum absolute atomic E-state index is 0.0584. The molecule has 0 aromatic carbocycles. The zero-order chi connectivity index (χ0) is 51.3. The molecule has 8 fully saturated rings. The maximum atomic E-state index is 13.3. The normalized spacial score (nSPS) is 33.6. The first kappa shape index (κ1) is 57.9. The van der Waals surface area contributed by atoms with Gasteiger partial charge in [-0.1, -0.05) is 27.7 Å². The lowest BCUT2D eigenvalue weighted by Crippen LogP contribution is -2.60. The Bertz CT molecular complexity index is 1650. The summed E-state index contributed by atoms with van der Waals surface area (Å²) in [5.41, 5.74) is -1.61. The van der Waals surface area contributed by atoms with Gasteiger partial charge in [0, 0.05) is 87.6 Å². The molecule has 0 spiro atoms. The summed E-state index contributed by atoms with van der Waals surface area (Å²) in [6, 6.07) is 1.00. The summed E-state index contributed by atoms with van der Waals surface area (Å²) >= 11 is 0. The molecule has 4 saturated carbocycles. The van der Waals surface area contributed by atoms with Crippen LogP contribution in [0.25, 0.3) is 0 Å². The van der Waals surface area contributed by atoms with E-state index in [9.17, 15) is 28.4 Å². The molecule has 3 atom stereocenters. The van der Waals surface area contributed by atoms with Gasteiger partial charge in [0.25, 0.3) is 0 Å². The number of rotatable bonds is 4. The third-order valence-electron chi connectivity index (χ3n) is 17.1. The summed E-state index contributed by atoms with van der Waals surface area (Å²) < 4.78 is 18.7. The molecule has 70 heavy (non-hydrogen) atoms. The Hall–Kier alpha value is -2.96. The van der Waals surface area contributed by atoms with Crippen LogP contribution in [-0.2, 0) is 23.9 Å². The van der Waals surface area contributed by atoms with Crippen LogP contribution in [0.2, 0.25) is 0 Å². The van der Waals surface area contributed by atoms with Crippen LogP contribution in [0.15, 0.2) is 0 Å². The molecule has 13 heteroatoms. The van der Waals surface area contributed by atoms with E-state index in [0.717, 1.165) is 127 Å². The van der Waals surface area contributed by atoms with Crippen LogP contribution in [0.1, 0.15) is 198 Å². The fourth-order valence-corrected chi connectivity index (χ4v) is 12.3. The van der Waals surface area contributed by atoms with Crippen molar-refractivity contribution in [2.24, 2.45) is 47.3 Å². The largest absolute Gasteiger partial charge is 0.444 e. The maximum Gasteiger partial charge on any atom is 0.410 e. The number of hydrogen-bond donors (Lipinski definition) is 1. The highest BCUT2D eigenvalue weighted by molar-refractivity contribution is 5.81. The van der Waals surface area contributed by atoms with E-state index in [2.05, 4.69) is 56.7 Å². The number of alkyl halides is 1. The number of piperidine rings is 1. The number of amides is 5. The van der Waals surface area contributed by atoms with Crippen molar-refractivity contribution >= 4 is 29.7 Å². The third kappa shape index (κ3) is 17.9. The Balaban J connectivity index is 0.000000177. The van der Waals surface area contributed by atoms with Crippen molar-refractivity contribution in [3.05, 3.63) is 0 Å². The second-order valence-electron chi connectivity index (χ2n) is 25.3. The van der Waals surface area contributed by atoms with Crippen LogP contribution in [0.5, 0.6) is 0 Å². The Labute approximate surface area is 425 Å². The van der Waals surface area contributed by atoms with E-state index >= 15 is 0 Å². The number of halogens is 1. The molecule has 0 aromatic rings. The van der Waals surface area contributed by atoms with Crippen LogP contribution in [-0.4, -0.2) is 143 Å². The lowest BCUT2D eigenvalue weighted by atomic mass is 9.81. The van der Waals surface area contributed by atoms with E-state index in [1.165, 1.54) is 44.9 Å². The zero-order valence-electron chi connectivity index (χ0n) is 46.2. The van der Waals surface area contributed by atoms with E-state index in [-0.39, 0.29) is 35.8 Å². The molecule has 402 valence electrons. The van der Waals surface area contributed by atoms with Crippen molar-refractivity contribution in [2.75, 3.05) is 58.9 Å². The molecule has 0 bridgehead atoms. The van der Waals surface area contributed by atoms with Crippen LogP contribution < -0.4 is 5.32 Å². The molecule has 8 rings (SSSR count).